The molecule has 0 aromatic heterocycles. The molecular formula is C15H19NO3. The van der Waals surface area contributed by atoms with Crippen LogP contribution < -0.4 is 5.32 Å². The van der Waals surface area contributed by atoms with Gasteiger partial charge in [-0.25, -0.2) is 0 Å². The Morgan fingerprint density at radius 2 is 2.21 bits per heavy atom. The molecule has 2 rings (SSSR count). The van der Waals surface area contributed by atoms with Crippen LogP contribution in [0.4, 0.5) is 5.69 Å². The van der Waals surface area contributed by atoms with Crippen molar-refractivity contribution >= 4 is 17.6 Å². The SMILES string of the molecule is CC(CCCC(=O)O)c1ccc2c(c1)CCC(=O)N2. The van der Waals surface area contributed by atoms with Gasteiger partial charge in [-0.05, 0) is 42.4 Å². The zero-order chi connectivity index (χ0) is 13.8. The highest BCUT2D eigenvalue weighted by molar-refractivity contribution is 5.93. The predicted molar refractivity (Wildman–Crippen MR) is 73.3 cm³/mol. The summed E-state index contributed by atoms with van der Waals surface area (Å²) in [6.45, 7) is 2.12. The molecule has 1 atom stereocenters. The number of nitrogens with one attached hydrogen (secondary N) is 1. The van der Waals surface area contributed by atoms with Crippen LogP contribution in [-0.2, 0) is 16.0 Å². The average molecular weight is 261 g/mol. The van der Waals surface area contributed by atoms with Gasteiger partial charge in [0, 0.05) is 18.5 Å². The molecule has 0 aliphatic carbocycles. The first-order chi connectivity index (χ1) is 9.06. The van der Waals surface area contributed by atoms with Gasteiger partial charge in [-0.3, -0.25) is 9.59 Å². The van der Waals surface area contributed by atoms with Crippen molar-refractivity contribution in [2.45, 2.75) is 44.9 Å². The van der Waals surface area contributed by atoms with Crippen LogP contribution in [0.1, 0.15) is 49.7 Å². The summed E-state index contributed by atoms with van der Waals surface area (Å²) < 4.78 is 0. The van der Waals surface area contributed by atoms with Crippen LogP contribution in [-0.4, -0.2) is 17.0 Å². The third-order valence-electron chi connectivity index (χ3n) is 3.62. The van der Waals surface area contributed by atoms with Crippen molar-refractivity contribution in [3.63, 3.8) is 0 Å². The maximum atomic E-state index is 11.3. The van der Waals surface area contributed by atoms with Gasteiger partial charge >= 0.3 is 5.97 Å². The number of fused-ring (bicyclic) bond motifs is 1. The largest absolute Gasteiger partial charge is 0.481 e. The van der Waals surface area contributed by atoms with E-state index in [-0.39, 0.29) is 12.3 Å². The summed E-state index contributed by atoms with van der Waals surface area (Å²) in [5.41, 5.74) is 3.32. The van der Waals surface area contributed by atoms with Gasteiger partial charge < -0.3 is 10.4 Å². The smallest absolute Gasteiger partial charge is 0.303 e. The van der Waals surface area contributed by atoms with E-state index in [1.165, 1.54) is 11.1 Å². The summed E-state index contributed by atoms with van der Waals surface area (Å²) in [5, 5.41) is 11.5. The maximum Gasteiger partial charge on any atom is 0.303 e. The Hall–Kier alpha value is -1.84. The van der Waals surface area contributed by atoms with Crippen molar-refractivity contribution in [1.29, 1.82) is 0 Å². The third-order valence-corrected chi connectivity index (χ3v) is 3.62. The zero-order valence-electron chi connectivity index (χ0n) is 11.1. The molecule has 1 aliphatic heterocycles. The number of carboxylic acid groups (broad SMARTS) is 1. The van der Waals surface area contributed by atoms with Crippen LogP contribution in [0.3, 0.4) is 0 Å². The van der Waals surface area contributed by atoms with Gasteiger partial charge in [-0.15, -0.1) is 0 Å². The molecule has 1 heterocycles. The van der Waals surface area contributed by atoms with Crippen molar-refractivity contribution in [1.82, 2.24) is 0 Å². The molecule has 2 N–H and O–H groups in total. The number of carbonyl (C=O) groups excluding carboxylic acids is 1. The average Bonchev–Trinajstić information content (AvgIpc) is 2.37. The van der Waals surface area contributed by atoms with E-state index in [1.54, 1.807) is 0 Å². The molecule has 102 valence electrons. The van der Waals surface area contributed by atoms with Gasteiger partial charge in [0.05, 0.1) is 0 Å². The fourth-order valence-electron chi connectivity index (χ4n) is 2.44. The number of hydrogen-bond acceptors (Lipinski definition) is 2. The molecule has 1 amide bonds. The van der Waals surface area contributed by atoms with Gasteiger partial charge in [-0.1, -0.05) is 19.1 Å². The molecule has 4 nitrogen and oxygen atoms in total. The Labute approximate surface area is 112 Å². The highest BCUT2D eigenvalue weighted by Crippen LogP contribution is 2.28. The second-order valence-corrected chi connectivity index (χ2v) is 5.15. The normalized spacial score (nSPS) is 15.5. The number of carbonyl (C=O) groups is 2. The number of hydrogen-bond donors (Lipinski definition) is 2. The summed E-state index contributed by atoms with van der Waals surface area (Å²) in [4.78, 5) is 21.8. The van der Waals surface area contributed by atoms with Crippen LogP contribution in [0.5, 0.6) is 0 Å². The molecule has 1 aromatic carbocycles. The van der Waals surface area contributed by atoms with E-state index in [0.29, 0.717) is 18.8 Å². The Kier molecular flexibility index (Phi) is 4.20. The summed E-state index contributed by atoms with van der Waals surface area (Å²) in [6, 6.07) is 6.12. The minimum atomic E-state index is -0.736. The summed E-state index contributed by atoms with van der Waals surface area (Å²) in [7, 11) is 0. The first-order valence-corrected chi connectivity index (χ1v) is 6.70. The molecular weight excluding hydrogens is 242 g/mol. The van der Waals surface area contributed by atoms with E-state index in [0.717, 1.165) is 18.5 Å². The maximum absolute atomic E-state index is 11.3. The van der Waals surface area contributed by atoms with Crippen LogP contribution in [0, 0.1) is 0 Å². The van der Waals surface area contributed by atoms with Gasteiger partial charge in [0.2, 0.25) is 5.91 Å². The predicted octanol–water partition coefficient (Wildman–Crippen LogP) is 2.93. The molecule has 1 unspecified atom stereocenters. The molecule has 1 aliphatic rings. The number of aliphatic carboxylic acids is 1. The molecule has 0 saturated heterocycles. The van der Waals surface area contributed by atoms with Crippen molar-refractivity contribution in [3.05, 3.63) is 29.3 Å². The van der Waals surface area contributed by atoms with E-state index >= 15 is 0 Å². The van der Waals surface area contributed by atoms with E-state index in [4.69, 9.17) is 5.11 Å². The van der Waals surface area contributed by atoms with E-state index < -0.39 is 5.97 Å². The van der Waals surface area contributed by atoms with Gasteiger partial charge in [0.15, 0.2) is 0 Å². The van der Waals surface area contributed by atoms with E-state index in [9.17, 15) is 9.59 Å². The number of amides is 1. The molecule has 0 fully saturated rings. The Balaban J connectivity index is 2.01. The molecule has 0 spiro atoms. The van der Waals surface area contributed by atoms with Crippen molar-refractivity contribution < 1.29 is 14.7 Å². The molecule has 19 heavy (non-hydrogen) atoms. The first kappa shape index (κ1) is 13.6. The lowest BCUT2D eigenvalue weighted by atomic mass is 9.91. The van der Waals surface area contributed by atoms with Crippen molar-refractivity contribution in [3.8, 4) is 0 Å². The fraction of sp³-hybridized carbons (Fsp3) is 0.467. The molecule has 0 saturated carbocycles. The van der Waals surface area contributed by atoms with E-state index in [2.05, 4.69) is 18.3 Å². The second kappa shape index (κ2) is 5.87. The minimum absolute atomic E-state index is 0.0785. The number of benzene rings is 1. The fourth-order valence-corrected chi connectivity index (χ4v) is 2.44. The van der Waals surface area contributed by atoms with Crippen LogP contribution in [0.15, 0.2) is 18.2 Å². The van der Waals surface area contributed by atoms with Crippen molar-refractivity contribution in [2.75, 3.05) is 5.32 Å². The van der Waals surface area contributed by atoms with Gasteiger partial charge in [0.25, 0.3) is 0 Å². The topological polar surface area (TPSA) is 66.4 Å². The number of carboxylic acids is 1. The summed E-state index contributed by atoms with van der Waals surface area (Å²) in [5.74, 6) is -0.308. The zero-order valence-corrected chi connectivity index (χ0v) is 11.1. The lowest BCUT2D eigenvalue weighted by molar-refractivity contribution is -0.137. The highest BCUT2D eigenvalue weighted by atomic mass is 16.4. The van der Waals surface area contributed by atoms with Gasteiger partial charge in [0.1, 0.15) is 0 Å². The van der Waals surface area contributed by atoms with Crippen LogP contribution >= 0.6 is 0 Å². The molecule has 1 aromatic rings. The number of aryl methyl sites for hydroxylation is 1. The lowest BCUT2D eigenvalue weighted by Crippen LogP contribution is -2.19. The Bertz CT molecular complexity index is 496. The third kappa shape index (κ3) is 3.56. The van der Waals surface area contributed by atoms with Crippen LogP contribution in [0.2, 0.25) is 0 Å². The second-order valence-electron chi connectivity index (χ2n) is 5.15. The number of anilines is 1. The number of rotatable bonds is 5. The Morgan fingerprint density at radius 1 is 1.42 bits per heavy atom. The molecule has 0 radical (unpaired) electrons. The lowest BCUT2D eigenvalue weighted by Gasteiger charge is -2.19. The highest BCUT2D eigenvalue weighted by Gasteiger charge is 2.16. The van der Waals surface area contributed by atoms with Gasteiger partial charge in [-0.2, -0.15) is 0 Å². The minimum Gasteiger partial charge on any atom is -0.481 e. The summed E-state index contributed by atoms with van der Waals surface area (Å²) in [6.07, 6.45) is 3.13. The van der Waals surface area contributed by atoms with Crippen molar-refractivity contribution in [2.24, 2.45) is 0 Å². The standard InChI is InChI=1S/C15H19NO3/c1-10(3-2-4-15(18)19)11-5-7-13-12(9-11)6-8-14(17)16-13/h5,7,9-10H,2-4,6,8H2,1H3,(H,16,17)(H,18,19). The monoisotopic (exact) mass is 261 g/mol. The first-order valence-electron chi connectivity index (χ1n) is 6.70. The Morgan fingerprint density at radius 3 is 2.95 bits per heavy atom. The van der Waals surface area contributed by atoms with Crippen LogP contribution in [0.25, 0.3) is 0 Å². The summed E-state index contributed by atoms with van der Waals surface area (Å²) >= 11 is 0. The quantitative estimate of drug-likeness (QED) is 0.856. The molecule has 4 heteroatoms. The molecule has 0 bridgehead atoms. The van der Waals surface area contributed by atoms with E-state index in [1.807, 2.05) is 12.1 Å².